The van der Waals surface area contributed by atoms with Crippen LogP contribution in [0.15, 0.2) is 97.2 Å². The lowest BCUT2D eigenvalue weighted by molar-refractivity contribution is -0.166. The fourth-order valence-electron chi connectivity index (χ4n) is 8.77. The lowest BCUT2D eigenvalue weighted by Gasteiger charge is -2.18. The summed E-state index contributed by atoms with van der Waals surface area (Å²) in [7, 11) is 0. The molecule has 0 spiro atoms. The van der Waals surface area contributed by atoms with Crippen molar-refractivity contribution < 1.29 is 28.6 Å². The summed E-state index contributed by atoms with van der Waals surface area (Å²) >= 11 is 0. The molecule has 0 aromatic rings. The van der Waals surface area contributed by atoms with Crippen molar-refractivity contribution in [2.45, 2.75) is 303 Å². The van der Waals surface area contributed by atoms with E-state index >= 15 is 0 Å². The van der Waals surface area contributed by atoms with Crippen molar-refractivity contribution in [2.24, 2.45) is 0 Å². The van der Waals surface area contributed by atoms with Crippen LogP contribution >= 0.6 is 0 Å². The first-order chi connectivity index (χ1) is 36.5. The van der Waals surface area contributed by atoms with Crippen LogP contribution < -0.4 is 0 Å². The Balaban J connectivity index is 4.38. The van der Waals surface area contributed by atoms with Gasteiger partial charge in [0.25, 0.3) is 0 Å². The molecule has 1 atom stereocenters. The largest absolute Gasteiger partial charge is 0.462 e. The quantitative estimate of drug-likeness (QED) is 0.0261. The minimum atomic E-state index is -0.823. The smallest absolute Gasteiger partial charge is 0.309 e. The highest BCUT2D eigenvalue weighted by Crippen LogP contribution is 2.17. The average Bonchev–Trinajstić information content (AvgIpc) is 3.40. The summed E-state index contributed by atoms with van der Waals surface area (Å²) in [4.78, 5) is 38.2. The number of carbonyl (C=O) groups excluding carboxylic acids is 3. The summed E-state index contributed by atoms with van der Waals surface area (Å²) in [6, 6.07) is 0. The molecule has 6 nitrogen and oxygen atoms in total. The summed E-state index contributed by atoms with van der Waals surface area (Å²) in [6.07, 6.45) is 83.0. The number of hydrogen-bond donors (Lipinski definition) is 0. The number of unbranched alkanes of at least 4 members (excludes halogenated alkanes) is 30. The summed E-state index contributed by atoms with van der Waals surface area (Å²) in [5.41, 5.74) is 0. The first-order valence-electron chi connectivity index (χ1n) is 31.2. The third-order valence-electron chi connectivity index (χ3n) is 13.4. The minimum Gasteiger partial charge on any atom is -0.462 e. The normalized spacial score (nSPS) is 12.7. The zero-order valence-electron chi connectivity index (χ0n) is 48.6. The number of esters is 3. The summed E-state index contributed by atoms with van der Waals surface area (Å²) in [6.45, 7) is 6.35. The van der Waals surface area contributed by atoms with Gasteiger partial charge in [-0.15, -0.1) is 0 Å². The highest BCUT2D eigenvalue weighted by Gasteiger charge is 2.19. The van der Waals surface area contributed by atoms with E-state index in [4.69, 9.17) is 14.2 Å². The van der Waals surface area contributed by atoms with Crippen molar-refractivity contribution >= 4 is 17.9 Å². The molecule has 424 valence electrons. The molecule has 0 saturated carbocycles. The van der Waals surface area contributed by atoms with Gasteiger partial charge >= 0.3 is 17.9 Å². The van der Waals surface area contributed by atoms with Crippen LogP contribution in [-0.4, -0.2) is 37.2 Å². The van der Waals surface area contributed by atoms with Gasteiger partial charge in [-0.25, -0.2) is 0 Å². The van der Waals surface area contributed by atoms with E-state index in [2.05, 4.69) is 106 Å². The van der Waals surface area contributed by atoms with Crippen LogP contribution in [0, 0.1) is 0 Å². The summed E-state index contributed by atoms with van der Waals surface area (Å²) in [5, 5.41) is 0. The summed E-state index contributed by atoms with van der Waals surface area (Å²) < 4.78 is 16.8. The molecule has 0 bridgehead atoms. The molecule has 6 heteroatoms. The zero-order chi connectivity index (χ0) is 53.6. The van der Waals surface area contributed by atoms with Crippen LogP contribution in [-0.2, 0) is 28.6 Å². The Bertz CT molecular complexity index is 1460. The fraction of sp³-hybridized carbons (Fsp3) is 0.721. The maximum atomic E-state index is 12.9. The number of carbonyl (C=O) groups is 3. The average molecular weight is 1030 g/mol. The monoisotopic (exact) mass is 1030 g/mol. The first kappa shape index (κ1) is 70.3. The maximum absolute atomic E-state index is 12.9. The second-order valence-corrected chi connectivity index (χ2v) is 20.6. The van der Waals surface area contributed by atoms with E-state index in [0.29, 0.717) is 12.8 Å². The van der Waals surface area contributed by atoms with E-state index in [1.807, 2.05) is 6.08 Å². The Morgan fingerprint density at radius 1 is 0.297 bits per heavy atom. The molecular weight excluding hydrogens is 913 g/mol. The lowest BCUT2D eigenvalue weighted by atomic mass is 10.0. The van der Waals surface area contributed by atoms with E-state index in [-0.39, 0.29) is 31.6 Å². The Kier molecular flexibility index (Phi) is 58.8. The molecular formula is C68H116O6. The molecule has 0 amide bonds. The molecule has 74 heavy (non-hydrogen) atoms. The molecule has 0 fully saturated rings. The molecule has 0 rings (SSSR count). The van der Waals surface area contributed by atoms with E-state index in [1.54, 1.807) is 6.08 Å². The number of ether oxygens (including phenoxy) is 3. The van der Waals surface area contributed by atoms with E-state index in [9.17, 15) is 14.4 Å². The Hall–Kier alpha value is -3.67. The van der Waals surface area contributed by atoms with Crippen LogP contribution in [0.3, 0.4) is 0 Å². The Morgan fingerprint density at radius 2 is 0.581 bits per heavy atom. The van der Waals surface area contributed by atoms with Crippen molar-refractivity contribution in [3.05, 3.63) is 97.2 Å². The van der Waals surface area contributed by atoms with Gasteiger partial charge in [-0.3, -0.25) is 14.4 Å². The molecule has 0 saturated heterocycles. The van der Waals surface area contributed by atoms with Gasteiger partial charge in [-0.1, -0.05) is 298 Å². The lowest BCUT2D eigenvalue weighted by Crippen LogP contribution is -2.30. The van der Waals surface area contributed by atoms with Gasteiger partial charge in [0.15, 0.2) is 6.10 Å². The maximum Gasteiger partial charge on any atom is 0.309 e. The van der Waals surface area contributed by atoms with Crippen molar-refractivity contribution in [2.75, 3.05) is 13.2 Å². The van der Waals surface area contributed by atoms with Crippen LogP contribution in [0.4, 0.5) is 0 Å². The van der Waals surface area contributed by atoms with Crippen LogP contribution in [0.25, 0.3) is 0 Å². The second-order valence-electron chi connectivity index (χ2n) is 20.6. The SMILES string of the molecule is CC/C=C\C/C=C\C/C=C\C/C=C\C/C=C\CC(=O)OCC(COC(=O)CCCCCCCCCCCCCCCCCCCCCCCCCC)OC(=O)CCCCCCCCC/C=C\C/C=C\C/C=C\CC. The predicted octanol–water partition coefficient (Wildman–Crippen LogP) is 21.3. The van der Waals surface area contributed by atoms with Crippen molar-refractivity contribution in [3.63, 3.8) is 0 Å². The highest BCUT2D eigenvalue weighted by atomic mass is 16.6. The van der Waals surface area contributed by atoms with E-state index in [1.165, 1.54) is 161 Å². The van der Waals surface area contributed by atoms with Gasteiger partial charge in [-0.2, -0.15) is 0 Å². The van der Waals surface area contributed by atoms with Gasteiger partial charge in [-0.05, 0) is 77.0 Å². The second kappa shape index (κ2) is 61.9. The molecule has 0 aromatic heterocycles. The van der Waals surface area contributed by atoms with E-state index in [0.717, 1.165) is 96.3 Å². The Morgan fingerprint density at radius 3 is 0.946 bits per heavy atom. The van der Waals surface area contributed by atoms with Crippen LogP contribution in [0.5, 0.6) is 0 Å². The molecule has 0 radical (unpaired) electrons. The number of allylic oxidation sites excluding steroid dienone is 15. The third-order valence-corrected chi connectivity index (χ3v) is 13.4. The highest BCUT2D eigenvalue weighted by molar-refractivity contribution is 5.72. The molecule has 0 aromatic carbocycles. The van der Waals surface area contributed by atoms with E-state index < -0.39 is 12.1 Å². The standard InChI is InChI=1S/C68H116O6/c1-4-7-10-13-16-19-22-25-28-30-31-32-33-34-35-36-38-40-43-46-49-52-55-58-61-67(70)73-64-65(63-72-66(69)60-57-54-51-48-45-42-39-27-24-21-18-15-12-9-6-3)74-68(71)62-59-56-53-50-47-44-41-37-29-26-23-20-17-14-11-8-5-2/h8-9,11-12,17-18,20-21,26-27,29,39,45,48,54,57,65H,4-7,10,13-16,19,22-25,28,30-38,40-44,46-47,49-53,55-56,58-64H2,1-3H3/b11-8-,12-9-,20-17-,21-18-,29-26-,39-27-,48-45-,57-54-. The van der Waals surface area contributed by atoms with Crippen LogP contribution in [0.2, 0.25) is 0 Å². The van der Waals surface area contributed by atoms with Gasteiger partial charge in [0.05, 0.1) is 6.42 Å². The number of rotatable bonds is 56. The van der Waals surface area contributed by atoms with Gasteiger partial charge in [0.2, 0.25) is 0 Å². The zero-order valence-corrected chi connectivity index (χ0v) is 48.6. The Labute approximate surface area is 457 Å². The molecule has 0 aliphatic heterocycles. The predicted molar refractivity (Wildman–Crippen MR) is 320 cm³/mol. The fourth-order valence-corrected chi connectivity index (χ4v) is 8.77. The van der Waals surface area contributed by atoms with Gasteiger partial charge in [0, 0.05) is 12.8 Å². The minimum absolute atomic E-state index is 0.110. The van der Waals surface area contributed by atoms with Gasteiger partial charge in [0.1, 0.15) is 13.2 Å². The third kappa shape index (κ3) is 59.2. The van der Waals surface area contributed by atoms with Crippen molar-refractivity contribution in [3.8, 4) is 0 Å². The molecule has 1 unspecified atom stereocenters. The first-order valence-corrected chi connectivity index (χ1v) is 31.2. The summed E-state index contributed by atoms with van der Waals surface area (Å²) in [5.74, 6) is -1.05. The number of hydrogen-bond acceptors (Lipinski definition) is 6. The molecule has 0 N–H and O–H groups in total. The van der Waals surface area contributed by atoms with Crippen molar-refractivity contribution in [1.82, 2.24) is 0 Å². The molecule has 0 heterocycles. The van der Waals surface area contributed by atoms with Gasteiger partial charge < -0.3 is 14.2 Å². The molecule has 0 aliphatic rings. The topological polar surface area (TPSA) is 78.9 Å². The molecule has 0 aliphatic carbocycles. The van der Waals surface area contributed by atoms with Crippen molar-refractivity contribution in [1.29, 1.82) is 0 Å². The van der Waals surface area contributed by atoms with Crippen LogP contribution in [0.1, 0.15) is 297 Å².